The van der Waals surface area contributed by atoms with E-state index < -0.39 is 24.5 Å². The summed E-state index contributed by atoms with van der Waals surface area (Å²) < 4.78 is 45.8. The molecule has 0 spiro atoms. The second kappa shape index (κ2) is 6.57. The van der Waals surface area contributed by atoms with Crippen LogP contribution >= 0.6 is 19.6 Å². The van der Waals surface area contributed by atoms with Gasteiger partial charge in [-0.05, 0) is 0 Å². The van der Waals surface area contributed by atoms with E-state index in [1.54, 1.807) is 13.8 Å². The van der Waals surface area contributed by atoms with Crippen molar-refractivity contribution < 1.29 is 35.9 Å². The van der Waals surface area contributed by atoms with E-state index in [1.165, 1.54) is 0 Å². The molecule has 0 aliphatic carbocycles. The summed E-state index contributed by atoms with van der Waals surface area (Å²) in [5.74, 6) is -3.49. The average Bonchev–Trinajstić information content (AvgIpc) is 2.03. The normalized spacial score (nSPS) is 12.2. The molecule has 0 bridgehead atoms. The van der Waals surface area contributed by atoms with Crippen molar-refractivity contribution in [2.45, 2.75) is 18.9 Å². The molecule has 0 aliphatic rings. The summed E-state index contributed by atoms with van der Waals surface area (Å²) in [6.45, 7) is 3.45. The molecule has 77 valence electrons. The van der Waals surface area contributed by atoms with Gasteiger partial charge in [0.25, 0.3) is 0 Å². The van der Waals surface area contributed by atoms with Crippen molar-refractivity contribution in [3.63, 3.8) is 0 Å². The predicted molar refractivity (Wildman–Crippen MR) is 45.8 cm³/mol. The van der Waals surface area contributed by atoms with E-state index in [4.69, 9.17) is 9.05 Å². The Labute approximate surface area is 87.5 Å². The van der Waals surface area contributed by atoms with Crippen LogP contribution in [0.1, 0.15) is 13.8 Å². The molecule has 0 N–H and O–H groups in total. The zero-order valence-corrected chi connectivity index (χ0v) is 13.0. The molecule has 0 aliphatic heterocycles. The third kappa shape index (κ3) is 4.43. The van der Waals surface area contributed by atoms with E-state index in [9.17, 15) is 13.3 Å². The van der Waals surface area contributed by atoms with Crippen LogP contribution in [0.2, 0.25) is 0 Å². The molecule has 0 fully saturated rings. The minimum atomic E-state index is -3.65. The van der Waals surface area contributed by atoms with Gasteiger partial charge in [0.2, 0.25) is 0 Å². The molecule has 0 saturated heterocycles. The van der Waals surface area contributed by atoms with E-state index in [2.05, 4.69) is 13.6 Å². The first kappa shape index (κ1) is 14.1. The average molecular weight is 333 g/mol. The SMILES string of the molecule is CCO[P](=O)(OCC)[Zn]([Br])[CH](F)F. The summed E-state index contributed by atoms with van der Waals surface area (Å²) >= 11 is -0.836. The van der Waals surface area contributed by atoms with E-state index in [1.807, 2.05) is 0 Å². The molecule has 0 saturated carbocycles. The van der Waals surface area contributed by atoms with Crippen molar-refractivity contribution in [3.05, 3.63) is 0 Å². The molecular formula is C5H11BrF2O3PZn. The Balaban J connectivity index is 4.47. The molecule has 8 heteroatoms. The Morgan fingerprint density at radius 3 is 2.00 bits per heavy atom. The van der Waals surface area contributed by atoms with Crippen molar-refractivity contribution in [1.29, 1.82) is 0 Å². The Morgan fingerprint density at radius 2 is 1.77 bits per heavy atom. The van der Waals surface area contributed by atoms with Crippen LogP contribution in [0, 0.1) is 0 Å². The molecule has 0 atom stereocenters. The monoisotopic (exact) mass is 331 g/mol. The number of rotatable bonds is 6. The third-order valence-corrected chi connectivity index (χ3v) is 24.9. The molecule has 0 aromatic carbocycles. The zero-order chi connectivity index (χ0) is 10.5. The fourth-order valence-electron chi connectivity index (χ4n) is 0.774. The van der Waals surface area contributed by atoms with Gasteiger partial charge >= 0.3 is 87.5 Å². The first-order chi connectivity index (χ1) is 5.98. The van der Waals surface area contributed by atoms with Crippen LogP contribution in [-0.2, 0) is 27.1 Å². The number of hydrogen-bond donors (Lipinski definition) is 0. The third-order valence-electron chi connectivity index (χ3n) is 1.28. The number of alkyl halides is 2. The quantitative estimate of drug-likeness (QED) is 0.552. The van der Waals surface area contributed by atoms with Crippen LogP contribution in [0.25, 0.3) is 0 Å². The van der Waals surface area contributed by atoms with Gasteiger partial charge in [-0.2, -0.15) is 0 Å². The Kier molecular flexibility index (Phi) is 7.13. The van der Waals surface area contributed by atoms with Crippen molar-refractivity contribution >= 4 is 19.6 Å². The van der Waals surface area contributed by atoms with Gasteiger partial charge in [0.1, 0.15) is 0 Å². The molecule has 0 unspecified atom stereocenters. The van der Waals surface area contributed by atoms with Gasteiger partial charge in [-0.25, -0.2) is 0 Å². The maximum atomic E-state index is 12.3. The van der Waals surface area contributed by atoms with Crippen molar-refractivity contribution in [1.82, 2.24) is 0 Å². The first-order valence-electron chi connectivity index (χ1n) is 3.97. The molecule has 0 aromatic rings. The zero-order valence-electron chi connectivity index (χ0n) is 7.50. The van der Waals surface area contributed by atoms with Gasteiger partial charge < -0.3 is 0 Å². The number of hydrogen-bond acceptors (Lipinski definition) is 3. The summed E-state index contributed by atoms with van der Waals surface area (Å²) in [7, 11) is 0. The van der Waals surface area contributed by atoms with Gasteiger partial charge in [-0.1, -0.05) is 0 Å². The fourth-order valence-corrected chi connectivity index (χ4v) is 13.5. The first-order valence-corrected chi connectivity index (χ1v) is 18.3. The van der Waals surface area contributed by atoms with Gasteiger partial charge in [0.05, 0.1) is 0 Å². The van der Waals surface area contributed by atoms with Crippen LogP contribution in [0.3, 0.4) is 0 Å². The molecule has 13 heavy (non-hydrogen) atoms. The Morgan fingerprint density at radius 1 is 1.38 bits per heavy atom. The molecule has 0 amide bonds. The van der Waals surface area contributed by atoms with Crippen LogP contribution in [0.4, 0.5) is 8.78 Å². The van der Waals surface area contributed by atoms with Gasteiger partial charge in [-0.3, -0.25) is 0 Å². The second-order valence-electron chi connectivity index (χ2n) is 2.29. The van der Waals surface area contributed by atoms with E-state index in [-0.39, 0.29) is 13.2 Å². The topological polar surface area (TPSA) is 35.5 Å². The van der Waals surface area contributed by atoms with Crippen molar-refractivity contribution in [3.8, 4) is 0 Å². The Bertz CT molecular complexity index is 185. The van der Waals surface area contributed by atoms with Crippen LogP contribution in [0.5, 0.6) is 0 Å². The van der Waals surface area contributed by atoms with E-state index in [0.717, 1.165) is 0 Å². The second-order valence-corrected chi connectivity index (χ2v) is 26.4. The van der Waals surface area contributed by atoms with E-state index in [0.29, 0.717) is 0 Å². The standard InChI is InChI=1S/C4H10O3P.CHF2.BrH.Zn/c1-3-6-8(5)7-4-2;2-1-3;;/h3-4H2,1-2H3;1H;1H;/q+1;;;/p-1. The molecule has 0 heterocycles. The summed E-state index contributed by atoms with van der Waals surface area (Å²) in [6.07, 6.45) is 0. The molecule has 3 nitrogen and oxygen atoms in total. The fraction of sp³-hybridized carbons (Fsp3) is 1.00. The van der Waals surface area contributed by atoms with Crippen LogP contribution in [-0.4, -0.2) is 18.2 Å². The minimum absolute atomic E-state index is 0.128. The van der Waals surface area contributed by atoms with Crippen molar-refractivity contribution in [2.24, 2.45) is 0 Å². The van der Waals surface area contributed by atoms with Gasteiger partial charge in [0, 0.05) is 0 Å². The predicted octanol–water partition coefficient (Wildman–Crippen LogP) is 3.32. The maximum absolute atomic E-state index is 12.3. The van der Waals surface area contributed by atoms with Crippen LogP contribution < -0.4 is 0 Å². The molecule has 0 radical (unpaired) electrons. The number of halogens is 3. The van der Waals surface area contributed by atoms with E-state index >= 15 is 0 Å². The summed E-state index contributed by atoms with van der Waals surface area (Å²) in [4.78, 5) is 0. The summed E-state index contributed by atoms with van der Waals surface area (Å²) in [5, 5.41) is -2.57. The molecular weight excluding hydrogens is 322 g/mol. The van der Waals surface area contributed by atoms with Gasteiger partial charge in [0.15, 0.2) is 0 Å². The summed E-state index contributed by atoms with van der Waals surface area (Å²) in [5.41, 5.74) is 0. The molecule has 0 aromatic heterocycles. The van der Waals surface area contributed by atoms with Gasteiger partial charge in [-0.15, -0.1) is 0 Å². The van der Waals surface area contributed by atoms with Crippen LogP contribution in [0.15, 0.2) is 0 Å². The Hall–Kier alpha value is 1.11. The molecule has 0 rings (SSSR count). The summed E-state index contributed by atoms with van der Waals surface area (Å²) in [6, 6.07) is 0. The van der Waals surface area contributed by atoms with Crippen molar-refractivity contribution in [2.75, 3.05) is 13.2 Å².